The lowest BCUT2D eigenvalue weighted by molar-refractivity contribution is 0.230. The molecule has 94 valence electrons. The van der Waals surface area contributed by atoms with Crippen LogP contribution in [0.15, 0.2) is 12.3 Å². The average Bonchev–Trinajstić information content (AvgIpc) is 2.29. The summed E-state index contributed by atoms with van der Waals surface area (Å²) in [5.41, 5.74) is 0. The normalized spacial score (nSPS) is 21.5. The summed E-state index contributed by atoms with van der Waals surface area (Å²) in [6.45, 7) is 5.59. The Morgan fingerprint density at radius 3 is 2.12 bits per heavy atom. The quantitative estimate of drug-likeness (QED) is 0.731. The highest BCUT2D eigenvalue weighted by Crippen LogP contribution is 2.05. The molecular weight excluding hydrogens is 200 g/mol. The monoisotopic (exact) mass is 226 g/mol. The Kier molecular flexibility index (Phi) is 7.26. The number of nitrogens with zero attached hydrogens (tertiary/aromatic N) is 2. The highest BCUT2D eigenvalue weighted by atomic mass is 16.5. The van der Waals surface area contributed by atoms with Gasteiger partial charge in [-0.15, -0.1) is 0 Å². The van der Waals surface area contributed by atoms with Gasteiger partial charge in [-0.25, -0.2) is 0 Å². The Labute approximate surface area is 100 Å². The van der Waals surface area contributed by atoms with Crippen LogP contribution in [-0.2, 0) is 4.74 Å². The lowest BCUT2D eigenvalue weighted by atomic mass is 10.2. The van der Waals surface area contributed by atoms with Crippen molar-refractivity contribution in [1.82, 2.24) is 9.80 Å². The molecule has 0 atom stereocenters. The largest absolute Gasteiger partial charge is 0.381 e. The van der Waals surface area contributed by atoms with Crippen molar-refractivity contribution >= 4 is 0 Å². The molecule has 0 aromatic heterocycles. The molecular formula is C13H26N2O. The number of rotatable bonds is 3. The molecule has 1 rings (SSSR count). The zero-order valence-corrected chi connectivity index (χ0v) is 10.8. The molecule has 16 heavy (non-hydrogen) atoms. The van der Waals surface area contributed by atoms with Crippen molar-refractivity contribution in [2.24, 2.45) is 0 Å². The third-order valence-electron chi connectivity index (χ3n) is 3.05. The topological polar surface area (TPSA) is 15.7 Å². The molecule has 0 N–H and O–H groups in total. The molecule has 0 saturated carbocycles. The van der Waals surface area contributed by atoms with Crippen LogP contribution in [0.2, 0.25) is 0 Å². The van der Waals surface area contributed by atoms with Crippen LogP contribution < -0.4 is 0 Å². The third kappa shape index (κ3) is 6.13. The average molecular weight is 226 g/mol. The molecule has 0 aromatic carbocycles. The van der Waals surface area contributed by atoms with E-state index in [2.05, 4.69) is 29.1 Å². The van der Waals surface area contributed by atoms with Crippen LogP contribution in [0.4, 0.5) is 0 Å². The van der Waals surface area contributed by atoms with E-state index in [9.17, 15) is 0 Å². The van der Waals surface area contributed by atoms with Gasteiger partial charge in [-0.2, -0.15) is 0 Å². The zero-order valence-electron chi connectivity index (χ0n) is 10.8. The van der Waals surface area contributed by atoms with Crippen molar-refractivity contribution in [3.63, 3.8) is 0 Å². The summed E-state index contributed by atoms with van der Waals surface area (Å²) in [7, 11) is 3.97. The highest BCUT2D eigenvalue weighted by molar-refractivity contribution is 4.82. The molecule has 1 aliphatic rings. The van der Waals surface area contributed by atoms with Crippen LogP contribution in [-0.4, -0.2) is 56.7 Å². The predicted molar refractivity (Wildman–Crippen MR) is 68.6 cm³/mol. The van der Waals surface area contributed by atoms with Gasteiger partial charge >= 0.3 is 0 Å². The minimum absolute atomic E-state index is 0.721. The van der Waals surface area contributed by atoms with Gasteiger partial charge in [0.2, 0.25) is 0 Å². The van der Waals surface area contributed by atoms with Crippen molar-refractivity contribution in [2.75, 3.05) is 46.9 Å². The van der Waals surface area contributed by atoms with E-state index in [0.717, 1.165) is 6.61 Å². The maximum absolute atomic E-state index is 5.03. The third-order valence-corrected chi connectivity index (χ3v) is 3.05. The molecule has 0 spiro atoms. The van der Waals surface area contributed by atoms with Gasteiger partial charge in [-0.3, -0.25) is 0 Å². The lowest BCUT2D eigenvalue weighted by Gasteiger charge is -2.24. The first-order valence-electron chi connectivity index (χ1n) is 6.41. The van der Waals surface area contributed by atoms with Crippen LogP contribution >= 0.6 is 0 Å². The van der Waals surface area contributed by atoms with Gasteiger partial charge in [0.25, 0.3) is 0 Å². The fourth-order valence-corrected chi connectivity index (χ4v) is 2.05. The fourth-order valence-electron chi connectivity index (χ4n) is 2.05. The van der Waals surface area contributed by atoms with Gasteiger partial charge in [-0.05, 0) is 58.1 Å². The van der Waals surface area contributed by atoms with Crippen molar-refractivity contribution < 1.29 is 4.74 Å². The van der Waals surface area contributed by atoms with Crippen LogP contribution in [0, 0.1) is 0 Å². The first kappa shape index (κ1) is 13.5. The van der Waals surface area contributed by atoms with E-state index in [1.807, 2.05) is 0 Å². The molecule has 1 aliphatic heterocycles. The van der Waals surface area contributed by atoms with E-state index in [-0.39, 0.29) is 0 Å². The summed E-state index contributed by atoms with van der Waals surface area (Å²) in [5.74, 6) is 0. The number of hydrogen-bond acceptors (Lipinski definition) is 3. The number of methoxy groups -OCH3 is 1. The summed E-state index contributed by atoms with van der Waals surface area (Å²) in [6, 6.07) is 0. The van der Waals surface area contributed by atoms with Crippen molar-refractivity contribution in [1.29, 1.82) is 0 Å². The minimum Gasteiger partial charge on any atom is -0.381 e. The molecule has 0 bridgehead atoms. The molecule has 1 fully saturated rings. The SMILES string of the molecule is COCC=CN1CCCCN(C)CCCC1. The molecule has 0 unspecified atom stereocenters. The lowest BCUT2D eigenvalue weighted by Crippen LogP contribution is -2.27. The molecule has 0 amide bonds. The first-order valence-corrected chi connectivity index (χ1v) is 6.41. The molecule has 0 aliphatic carbocycles. The van der Waals surface area contributed by atoms with Gasteiger partial charge in [0.1, 0.15) is 0 Å². The summed E-state index contributed by atoms with van der Waals surface area (Å²) in [5, 5.41) is 0. The number of ether oxygens (including phenoxy) is 1. The Morgan fingerprint density at radius 1 is 1.00 bits per heavy atom. The summed E-state index contributed by atoms with van der Waals surface area (Å²) >= 11 is 0. The molecule has 1 heterocycles. The molecule has 0 radical (unpaired) electrons. The van der Waals surface area contributed by atoms with Crippen LogP contribution in [0.5, 0.6) is 0 Å². The van der Waals surface area contributed by atoms with Crippen LogP contribution in [0.3, 0.4) is 0 Å². The summed E-state index contributed by atoms with van der Waals surface area (Å²) < 4.78 is 5.03. The second-order valence-electron chi connectivity index (χ2n) is 4.59. The maximum Gasteiger partial charge on any atom is 0.0660 e. The molecule has 1 saturated heterocycles. The van der Waals surface area contributed by atoms with E-state index in [1.54, 1.807) is 7.11 Å². The van der Waals surface area contributed by atoms with Crippen LogP contribution in [0.25, 0.3) is 0 Å². The van der Waals surface area contributed by atoms with Gasteiger partial charge < -0.3 is 14.5 Å². The smallest absolute Gasteiger partial charge is 0.0660 e. The Bertz CT molecular complexity index is 182. The summed E-state index contributed by atoms with van der Waals surface area (Å²) in [6.07, 6.45) is 9.52. The molecule has 0 aromatic rings. The highest BCUT2D eigenvalue weighted by Gasteiger charge is 2.04. The minimum atomic E-state index is 0.721. The Balaban J connectivity index is 2.28. The van der Waals surface area contributed by atoms with Crippen molar-refractivity contribution in [2.45, 2.75) is 25.7 Å². The summed E-state index contributed by atoms with van der Waals surface area (Å²) in [4.78, 5) is 4.89. The Morgan fingerprint density at radius 2 is 1.56 bits per heavy atom. The fraction of sp³-hybridized carbons (Fsp3) is 0.846. The van der Waals surface area contributed by atoms with E-state index >= 15 is 0 Å². The van der Waals surface area contributed by atoms with E-state index in [0.29, 0.717) is 0 Å². The van der Waals surface area contributed by atoms with Gasteiger partial charge in [0, 0.05) is 20.2 Å². The first-order chi connectivity index (χ1) is 7.83. The van der Waals surface area contributed by atoms with E-state index in [4.69, 9.17) is 4.74 Å². The Hall–Kier alpha value is -0.540. The van der Waals surface area contributed by atoms with Crippen molar-refractivity contribution in [3.8, 4) is 0 Å². The maximum atomic E-state index is 5.03. The van der Waals surface area contributed by atoms with Gasteiger partial charge in [0.05, 0.1) is 6.61 Å². The van der Waals surface area contributed by atoms with E-state index in [1.165, 1.54) is 51.9 Å². The second-order valence-corrected chi connectivity index (χ2v) is 4.59. The molecule has 3 nitrogen and oxygen atoms in total. The zero-order chi connectivity index (χ0) is 11.6. The predicted octanol–water partition coefficient (Wildman–Crippen LogP) is 1.95. The standard InChI is InChI=1S/C13H26N2O/c1-14-8-3-5-10-15(11-6-4-9-14)12-7-13-16-2/h7,12H,3-6,8-11,13H2,1-2H3. The molecule has 3 heteroatoms. The number of hydrogen-bond donors (Lipinski definition) is 0. The van der Waals surface area contributed by atoms with Crippen molar-refractivity contribution in [3.05, 3.63) is 12.3 Å². The van der Waals surface area contributed by atoms with E-state index < -0.39 is 0 Å². The van der Waals surface area contributed by atoms with Gasteiger partial charge in [0.15, 0.2) is 0 Å². The second kappa shape index (κ2) is 8.59. The van der Waals surface area contributed by atoms with Crippen LogP contribution in [0.1, 0.15) is 25.7 Å². The van der Waals surface area contributed by atoms with Gasteiger partial charge in [-0.1, -0.05) is 0 Å².